The van der Waals surface area contributed by atoms with Gasteiger partial charge in [0.15, 0.2) is 0 Å². The van der Waals surface area contributed by atoms with Crippen molar-refractivity contribution in [2.24, 2.45) is 0 Å². The minimum Gasteiger partial charge on any atom is -0.306 e. The average Bonchev–Trinajstić information content (AvgIpc) is 2.00. The molecule has 0 aromatic heterocycles. The van der Waals surface area contributed by atoms with Crippen molar-refractivity contribution >= 4 is 21.7 Å². The highest BCUT2D eigenvalue weighted by Gasteiger charge is 2.28. The number of nitrogens with one attached hydrogen (secondary N) is 2. The van der Waals surface area contributed by atoms with Gasteiger partial charge in [0, 0.05) is 0 Å². The van der Waals surface area contributed by atoms with Gasteiger partial charge in [-0.3, -0.25) is 0 Å². The Hall–Kier alpha value is -1.56. The first-order valence-electron chi connectivity index (χ1n) is 3.94. The molecule has 6 heteroatoms. The van der Waals surface area contributed by atoms with Crippen molar-refractivity contribution in [1.29, 1.82) is 0 Å². The van der Waals surface area contributed by atoms with Crippen molar-refractivity contribution in [2.45, 2.75) is 11.8 Å². The summed E-state index contributed by atoms with van der Waals surface area (Å²) in [5.41, 5.74) is 0.934. The maximum absolute atomic E-state index is 11.5. The number of sulfonamides is 1. The maximum atomic E-state index is 11.5. The first kappa shape index (κ1) is 9.01. The number of hydrogen-bond acceptors (Lipinski definition) is 3. The van der Waals surface area contributed by atoms with E-state index in [1.54, 1.807) is 25.1 Å². The predicted octanol–water partition coefficient (Wildman–Crippen LogP) is 0.819. The van der Waals surface area contributed by atoms with Gasteiger partial charge in [-0.05, 0) is 18.6 Å². The molecule has 1 aliphatic heterocycles. The number of rotatable bonds is 0. The van der Waals surface area contributed by atoms with Gasteiger partial charge in [0.1, 0.15) is 4.90 Å². The number of urea groups is 1. The average molecular weight is 212 g/mol. The minimum atomic E-state index is -3.68. The first-order chi connectivity index (χ1) is 6.50. The summed E-state index contributed by atoms with van der Waals surface area (Å²) in [7, 11) is -3.68. The van der Waals surface area contributed by atoms with Crippen LogP contribution in [0.15, 0.2) is 23.1 Å². The van der Waals surface area contributed by atoms with Gasteiger partial charge >= 0.3 is 6.03 Å². The monoisotopic (exact) mass is 212 g/mol. The van der Waals surface area contributed by atoms with Gasteiger partial charge in [-0.2, -0.15) is 0 Å². The highest BCUT2D eigenvalue weighted by atomic mass is 32.2. The van der Waals surface area contributed by atoms with Crippen LogP contribution in [0.4, 0.5) is 10.5 Å². The van der Waals surface area contributed by atoms with Crippen LogP contribution in [0.3, 0.4) is 0 Å². The molecule has 1 aromatic rings. The van der Waals surface area contributed by atoms with Crippen LogP contribution in [0.2, 0.25) is 0 Å². The quantitative estimate of drug-likeness (QED) is 0.668. The molecular formula is C8H8N2O3S. The normalized spacial score (nSPS) is 17.9. The molecule has 0 spiro atoms. The van der Waals surface area contributed by atoms with Crippen LogP contribution in [0.25, 0.3) is 0 Å². The van der Waals surface area contributed by atoms with Crippen molar-refractivity contribution in [2.75, 3.05) is 5.32 Å². The molecule has 0 saturated carbocycles. The molecule has 0 bridgehead atoms. The second kappa shape index (κ2) is 2.71. The second-order valence-corrected chi connectivity index (χ2v) is 4.63. The largest absolute Gasteiger partial charge is 0.333 e. The SMILES string of the molecule is Cc1cccc2c1S(=O)(=O)NC(=O)N2. The number of benzene rings is 1. The number of fused-ring (bicyclic) bond motifs is 1. The molecule has 1 aromatic carbocycles. The maximum Gasteiger partial charge on any atom is 0.333 e. The molecule has 0 aliphatic carbocycles. The van der Waals surface area contributed by atoms with Crippen LogP contribution in [0, 0.1) is 6.92 Å². The Balaban J connectivity index is 2.77. The Morgan fingerprint density at radius 3 is 2.71 bits per heavy atom. The number of amides is 2. The fourth-order valence-corrected chi connectivity index (χ4v) is 2.73. The Kier molecular flexibility index (Phi) is 1.75. The third-order valence-corrected chi connectivity index (χ3v) is 3.49. The molecule has 1 aliphatic rings. The molecule has 2 amide bonds. The van der Waals surface area contributed by atoms with Crippen LogP contribution < -0.4 is 10.0 Å². The lowest BCUT2D eigenvalue weighted by Crippen LogP contribution is -2.39. The Bertz CT molecular complexity index is 507. The van der Waals surface area contributed by atoms with Gasteiger partial charge < -0.3 is 5.32 Å². The lowest BCUT2D eigenvalue weighted by Gasteiger charge is -2.19. The molecule has 0 radical (unpaired) electrons. The van der Waals surface area contributed by atoms with E-state index in [9.17, 15) is 13.2 Å². The molecule has 2 rings (SSSR count). The van der Waals surface area contributed by atoms with Crippen LogP contribution in [0.1, 0.15) is 5.56 Å². The van der Waals surface area contributed by atoms with Crippen molar-refractivity contribution in [3.05, 3.63) is 23.8 Å². The van der Waals surface area contributed by atoms with Crippen LogP contribution in [-0.4, -0.2) is 14.4 Å². The van der Waals surface area contributed by atoms with E-state index in [1.807, 2.05) is 4.72 Å². The summed E-state index contributed by atoms with van der Waals surface area (Å²) in [6.45, 7) is 1.68. The van der Waals surface area contributed by atoms with E-state index in [2.05, 4.69) is 5.32 Å². The van der Waals surface area contributed by atoms with Gasteiger partial charge in [0.05, 0.1) is 5.69 Å². The molecule has 0 unspecified atom stereocenters. The molecule has 2 N–H and O–H groups in total. The van der Waals surface area contributed by atoms with Crippen molar-refractivity contribution in [3.8, 4) is 0 Å². The summed E-state index contributed by atoms with van der Waals surface area (Å²) in [5, 5.41) is 2.43. The summed E-state index contributed by atoms with van der Waals surface area (Å²) >= 11 is 0. The van der Waals surface area contributed by atoms with Crippen LogP contribution >= 0.6 is 0 Å². The van der Waals surface area contributed by atoms with Gasteiger partial charge in [0.2, 0.25) is 0 Å². The fourth-order valence-electron chi connectivity index (χ4n) is 1.43. The molecule has 0 fully saturated rings. The van der Waals surface area contributed by atoms with Crippen LogP contribution in [-0.2, 0) is 10.0 Å². The second-order valence-electron chi connectivity index (χ2n) is 3.01. The van der Waals surface area contributed by atoms with Gasteiger partial charge in [-0.25, -0.2) is 17.9 Å². The highest BCUT2D eigenvalue weighted by Crippen LogP contribution is 2.27. The van der Waals surface area contributed by atoms with E-state index in [0.29, 0.717) is 11.3 Å². The Morgan fingerprint density at radius 2 is 2.00 bits per heavy atom. The van der Waals surface area contributed by atoms with Crippen molar-refractivity contribution in [3.63, 3.8) is 0 Å². The first-order valence-corrected chi connectivity index (χ1v) is 5.42. The van der Waals surface area contributed by atoms with Gasteiger partial charge in [0.25, 0.3) is 10.0 Å². The number of hydrogen-bond donors (Lipinski definition) is 2. The van der Waals surface area contributed by atoms with Gasteiger partial charge in [-0.1, -0.05) is 12.1 Å². The van der Waals surface area contributed by atoms with E-state index in [-0.39, 0.29) is 4.90 Å². The lowest BCUT2D eigenvalue weighted by molar-refractivity contribution is 0.256. The fraction of sp³-hybridized carbons (Fsp3) is 0.125. The molecule has 0 saturated heterocycles. The Morgan fingerprint density at radius 1 is 1.29 bits per heavy atom. The van der Waals surface area contributed by atoms with Gasteiger partial charge in [-0.15, -0.1) is 0 Å². The zero-order chi connectivity index (χ0) is 10.3. The standard InChI is InChI=1S/C8H8N2O3S/c1-5-3-2-4-6-7(5)14(12,13)10-8(11)9-6/h2-4H,1H3,(H2,9,10,11). The lowest BCUT2D eigenvalue weighted by atomic mass is 10.2. The number of carbonyl (C=O) groups is 1. The molecule has 1 heterocycles. The molecule has 14 heavy (non-hydrogen) atoms. The number of anilines is 1. The zero-order valence-corrected chi connectivity index (χ0v) is 8.18. The number of carbonyl (C=O) groups excluding carboxylic acids is 1. The molecular weight excluding hydrogens is 204 g/mol. The van der Waals surface area contributed by atoms with E-state index in [4.69, 9.17) is 0 Å². The summed E-state index contributed by atoms with van der Waals surface area (Å²) in [6.07, 6.45) is 0. The zero-order valence-electron chi connectivity index (χ0n) is 7.37. The summed E-state index contributed by atoms with van der Waals surface area (Å²) in [5.74, 6) is 0. The summed E-state index contributed by atoms with van der Waals surface area (Å²) in [4.78, 5) is 11.1. The molecule has 5 nitrogen and oxygen atoms in total. The Labute approximate surface area is 81.2 Å². The number of aryl methyl sites for hydroxylation is 1. The topological polar surface area (TPSA) is 75.3 Å². The van der Waals surface area contributed by atoms with E-state index in [1.165, 1.54) is 0 Å². The van der Waals surface area contributed by atoms with E-state index < -0.39 is 16.1 Å². The molecule has 0 atom stereocenters. The minimum absolute atomic E-state index is 0.139. The molecule has 74 valence electrons. The van der Waals surface area contributed by atoms with E-state index >= 15 is 0 Å². The third kappa shape index (κ3) is 1.24. The van der Waals surface area contributed by atoms with Crippen LogP contribution in [0.5, 0.6) is 0 Å². The summed E-state index contributed by atoms with van der Waals surface area (Å²) < 4.78 is 24.9. The predicted molar refractivity (Wildman–Crippen MR) is 50.5 cm³/mol. The smallest absolute Gasteiger partial charge is 0.306 e. The van der Waals surface area contributed by atoms with E-state index in [0.717, 1.165) is 0 Å². The van der Waals surface area contributed by atoms with Crippen molar-refractivity contribution in [1.82, 2.24) is 4.72 Å². The highest BCUT2D eigenvalue weighted by molar-refractivity contribution is 7.90. The third-order valence-electron chi connectivity index (χ3n) is 1.96. The van der Waals surface area contributed by atoms with Crippen molar-refractivity contribution < 1.29 is 13.2 Å². The summed E-state index contributed by atoms with van der Waals surface area (Å²) in [6, 6.07) is 4.20.